The van der Waals surface area contributed by atoms with Gasteiger partial charge in [0.05, 0.1) is 11.6 Å². The van der Waals surface area contributed by atoms with Crippen LogP contribution in [-0.2, 0) is 0 Å². The summed E-state index contributed by atoms with van der Waals surface area (Å²) in [5.41, 5.74) is 0.940. The van der Waals surface area contributed by atoms with Gasteiger partial charge in [0.1, 0.15) is 0 Å². The molecule has 1 saturated heterocycles. The maximum absolute atomic E-state index is 12.4. The number of hydrogen-bond donors (Lipinski definition) is 1. The van der Waals surface area contributed by atoms with Crippen molar-refractivity contribution in [2.45, 2.75) is 25.4 Å². The van der Waals surface area contributed by atoms with E-state index in [9.17, 15) is 4.79 Å². The van der Waals surface area contributed by atoms with Gasteiger partial charge in [-0.05, 0) is 38.6 Å². The summed E-state index contributed by atoms with van der Waals surface area (Å²) in [5.74, 6) is 0. The van der Waals surface area contributed by atoms with E-state index in [4.69, 9.17) is 0 Å². The topological polar surface area (TPSA) is 48.5 Å². The number of hydrogen-bond acceptors (Lipinski definition) is 3. The highest BCUT2D eigenvalue weighted by molar-refractivity contribution is 5.78. The number of rotatable bonds is 4. The summed E-state index contributed by atoms with van der Waals surface area (Å²) < 4.78 is 0. The number of carbonyl (C=O) groups excluding carboxylic acids is 1. The molecule has 1 N–H and O–H groups in total. The highest BCUT2D eigenvalue weighted by Crippen LogP contribution is 2.32. The number of urea groups is 1. The maximum atomic E-state index is 12.4. The van der Waals surface area contributed by atoms with E-state index in [1.165, 1.54) is 0 Å². The zero-order valence-corrected chi connectivity index (χ0v) is 12.1. The lowest BCUT2D eigenvalue weighted by molar-refractivity contribution is 0.149. The van der Waals surface area contributed by atoms with Crippen LogP contribution < -0.4 is 5.32 Å². The average Bonchev–Trinajstić information content (AvgIpc) is 2.68. The van der Waals surface area contributed by atoms with Gasteiger partial charge in [0.2, 0.25) is 0 Å². The molecule has 0 bridgehead atoms. The first kappa shape index (κ1) is 13.8. The van der Waals surface area contributed by atoms with Gasteiger partial charge in [-0.25, -0.2) is 4.79 Å². The van der Waals surface area contributed by atoms with Crippen molar-refractivity contribution < 1.29 is 4.79 Å². The SMILES string of the molecule is CNCC(C)(C)N1CC(c2ccncc2)N(C)C1=O. The zero-order chi connectivity index (χ0) is 14.0. The molecule has 1 unspecified atom stereocenters. The molecule has 1 aliphatic heterocycles. The van der Waals surface area contributed by atoms with Crippen LogP contribution >= 0.6 is 0 Å². The van der Waals surface area contributed by atoms with Crippen molar-refractivity contribution in [3.8, 4) is 0 Å². The van der Waals surface area contributed by atoms with Crippen molar-refractivity contribution in [3.63, 3.8) is 0 Å². The first-order valence-electron chi connectivity index (χ1n) is 6.56. The number of nitrogens with one attached hydrogen (secondary N) is 1. The van der Waals surface area contributed by atoms with Crippen LogP contribution in [0.1, 0.15) is 25.5 Å². The zero-order valence-electron chi connectivity index (χ0n) is 12.1. The van der Waals surface area contributed by atoms with E-state index < -0.39 is 0 Å². The predicted octanol–water partition coefficient (Wildman–Crippen LogP) is 1.49. The predicted molar refractivity (Wildman–Crippen MR) is 74.8 cm³/mol. The summed E-state index contributed by atoms with van der Waals surface area (Å²) in [4.78, 5) is 20.2. The smallest absolute Gasteiger partial charge is 0.319 e. The fraction of sp³-hybridized carbons (Fsp3) is 0.571. The Morgan fingerprint density at radius 2 is 2.05 bits per heavy atom. The average molecular weight is 262 g/mol. The van der Waals surface area contributed by atoms with Crippen LogP contribution in [0, 0.1) is 0 Å². The number of pyridine rings is 1. The molecule has 0 aliphatic carbocycles. The molecule has 104 valence electrons. The van der Waals surface area contributed by atoms with E-state index in [-0.39, 0.29) is 17.6 Å². The summed E-state index contributed by atoms with van der Waals surface area (Å²) in [7, 11) is 3.77. The Balaban J connectivity index is 2.22. The second-order valence-corrected chi connectivity index (χ2v) is 5.64. The van der Waals surface area contributed by atoms with Crippen LogP contribution in [0.15, 0.2) is 24.5 Å². The van der Waals surface area contributed by atoms with Crippen molar-refractivity contribution in [1.82, 2.24) is 20.1 Å². The summed E-state index contributed by atoms with van der Waals surface area (Å²) in [6.07, 6.45) is 3.55. The van der Waals surface area contributed by atoms with E-state index >= 15 is 0 Å². The number of likely N-dealkylation sites (N-methyl/N-ethyl adjacent to an activating group) is 2. The van der Waals surface area contributed by atoms with Gasteiger partial charge in [0, 0.05) is 32.5 Å². The highest BCUT2D eigenvalue weighted by atomic mass is 16.2. The molecule has 0 aromatic carbocycles. The lowest BCUT2D eigenvalue weighted by Gasteiger charge is -2.34. The molecule has 19 heavy (non-hydrogen) atoms. The van der Waals surface area contributed by atoms with Crippen LogP contribution in [0.25, 0.3) is 0 Å². The summed E-state index contributed by atoms with van der Waals surface area (Å²) in [6, 6.07) is 4.14. The summed E-state index contributed by atoms with van der Waals surface area (Å²) >= 11 is 0. The number of carbonyl (C=O) groups is 1. The lowest BCUT2D eigenvalue weighted by atomic mass is 10.0. The minimum absolute atomic E-state index is 0.0852. The van der Waals surface area contributed by atoms with Crippen LogP contribution in [0.3, 0.4) is 0 Å². The third kappa shape index (κ3) is 2.56. The molecular formula is C14H22N4O. The van der Waals surface area contributed by atoms with E-state index in [1.54, 1.807) is 12.4 Å². The van der Waals surface area contributed by atoms with Crippen molar-refractivity contribution in [2.75, 3.05) is 27.2 Å². The van der Waals surface area contributed by atoms with Crippen LogP contribution in [0.2, 0.25) is 0 Å². The Labute approximate surface area is 114 Å². The molecule has 1 aromatic heterocycles. The maximum Gasteiger partial charge on any atom is 0.320 e. The quantitative estimate of drug-likeness (QED) is 0.894. The van der Waals surface area contributed by atoms with E-state index in [0.717, 1.165) is 12.1 Å². The largest absolute Gasteiger partial charge is 0.320 e. The fourth-order valence-electron chi connectivity index (χ4n) is 2.65. The van der Waals surface area contributed by atoms with E-state index in [2.05, 4.69) is 24.1 Å². The van der Waals surface area contributed by atoms with Crippen LogP contribution in [0.5, 0.6) is 0 Å². The minimum atomic E-state index is -0.193. The van der Waals surface area contributed by atoms with Gasteiger partial charge in [-0.1, -0.05) is 0 Å². The third-order valence-electron chi connectivity index (χ3n) is 3.79. The molecule has 0 spiro atoms. The molecule has 2 amide bonds. The number of nitrogens with zero attached hydrogens (tertiary/aromatic N) is 3. The molecule has 1 aromatic rings. The Bertz CT molecular complexity index is 446. The second kappa shape index (κ2) is 5.17. The molecule has 1 fully saturated rings. The molecule has 1 aliphatic rings. The standard InChI is InChI=1S/C14H22N4O/c1-14(2,10-15-3)18-9-12(17(4)13(18)19)11-5-7-16-8-6-11/h5-8,12,15H,9-10H2,1-4H3. The van der Waals surface area contributed by atoms with Crippen molar-refractivity contribution in [2.24, 2.45) is 0 Å². The number of aromatic nitrogens is 1. The van der Waals surface area contributed by atoms with Crippen molar-refractivity contribution >= 4 is 6.03 Å². The van der Waals surface area contributed by atoms with Crippen LogP contribution in [-0.4, -0.2) is 53.5 Å². The van der Waals surface area contributed by atoms with Crippen LogP contribution in [0.4, 0.5) is 4.79 Å². The van der Waals surface area contributed by atoms with Gasteiger partial charge in [0.25, 0.3) is 0 Å². The third-order valence-corrected chi connectivity index (χ3v) is 3.79. The van der Waals surface area contributed by atoms with Gasteiger partial charge < -0.3 is 15.1 Å². The second-order valence-electron chi connectivity index (χ2n) is 5.64. The Morgan fingerprint density at radius 1 is 1.42 bits per heavy atom. The molecule has 5 heteroatoms. The molecule has 0 radical (unpaired) electrons. The highest BCUT2D eigenvalue weighted by Gasteiger charge is 2.42. The van der Waals surface area contributed by atoms with E-state index in [0.29, 0.717) is 6.54 Å². The molecular weight excluding hydrogens is 240 g/mol. The first-order valence-corrected chi connectivity index (χ1v) is 6.56. The monoisotopic (exact) mass is 262 g/mol. The molecule has 2 heterocycles. The molecule has 1 atom stereocenters. The Hall–Kier alpha value is -1.62. The van der Waals surface area contributed by atoms with Crippen molar-refractivity contribution in [3.05, 3.63) is 30.1 Å². The molecule has 2 rings (SSSR count). The molecule has 0 saturated carbocycles. The fourth-order valence-corrected chi connectivity index (χ4v) is 2.65. The summed E-state index contributed by atoms with van der Waals surface area (Å²) in [6.45, 7) is 5.66. The minimum Gasteiger partial charge on any atom is -0.319 e. The van der Waals surface area contributed by atoms with Gasteiger partial charge in [-0.3, -0.25) is 4.98 Å². The normalized spacial score (nSPS) is 20.2. The number of amides is 2. The first-order chi connectivity index (χ1) is 8.97. The lowest BCUT2D eigenvalue weighted by Crippen LogP contribution is -2.51. The van der Waals surface area contributed by atoms with Gasteiger partial charge in [-0.15, -0.1) is 0 Å². The van der Waals surface area contributed by atoms with Gasteiger partial charge in [0.15, 0.2) is 0 Å². The Morgan fingerprint density at radius 3 is 2.63 bits per heavy atom. The summed E-state index contributed by atoms with van der Waals surface area (Å²) in [5, 5.41) is 3.15. The van der Waals surface area contributed by atoms with Crippen molar-refractivity contribution in [1.29, 1.82) is 0 Å². The van der Waals surface area contributed by atoms with Gasteiger partial charge in [-0.2, -0.15) is 0 Å². The van der Waals surface area contributed by atoms with Gasteiger partial charge >= 0.3 is 6.03 Å². The molecule has 5 nitrogen and oxygen atoms in total. The Kier molecular flexibility index (Phi) is 3.75. The van der Waals surface area contributed by atoms with E-state index in [1.807, 2.05) is 36.0 Å².